The molecule has 0 saturated carbocycles. The highest BCUT2D eigenvalue weighted by Gasteiger charge is 2.25. The highest BCUT2D eigenvalue weighted by molar-refractivity contribution is 7.14. The maximum absolute atomic E-state index is 12.3. The van der Waals surface area contributed by atoms with E-state index in [1.807, 2.05) is 17.5 Å². The van der Waals surface area contributed by atoms with Crippen LogP contribution in [0.2, 0.25) is 0 Å². The maximum Gasteiger partial charge on any atom is 0.319 e. The van der Waals surface area contributed by atoms with Crippen molar-refractivity contribution in [2.24, 2.45) is 0 Å². The monoisotopic (exact) mass is 386 g/mol. The molecular formula is C20H26N4O2S. The minimum absolute atomic E-state index is 0.152. The summed E-state index contributed by atoms with van der Waals surface area (Å²) in [4.78, 5) is 17.0. The second kappa shape index (κ2) is 8.29. The predicted octanol–water partition coefficient (Wildman–Crippen LogP) is 2.94. The van der Waals surface area contributed by atoms with Crippen LogP contribution in [-0.2, 0) is 11.2 Å². The quantitative estimate of drug-likeness (QED) is 0.830. The Balaban J connectivity index is 1.48. The Morgan fingerprint density at radius 3 is 2.89 bits per heavy atom. The molecule has 27 heavy (non-hydrogen) atoms. The van der Waals surface area contributed by atoms with Crippen molar-refractivity contribution in [3.63, 3.8) is 0 Å². The average Bonchev–Trinajstić information content (AvgIpc) is 3.33. The van der Waals surface area contributed by atoms with Gasteiger partial charge in [-0.15, -0.1) is 11.3 Å². The molecule has 0 spiro atoms. The number of fused-ring (bicyclic) bond motifs is 1. The fourth-order valence-electron chi connectivity index (χ4n) is 3.84. The number of hydrogen-bond donors (Lipinski definition) is 2. The summed E-state index contributed by atoms with van der Waals surface area (Å²) in [7, 11) is 2.14. The highest BCUT2D eigenvalue weighted by atomic mass is 32.1. The van der Waals surface area contributed by atoms with Crippen LogP contribution in [0, 0.1) is 0 Å². The van der Waals surface area contributed by atoms with Crippen LogP contribution in [0.25, 0.3) is 0 Å². The van der Waals surface area contributed by atoms with Gasteiger partial charge in [-0.05, 0) is 41.1 Å². The van der Waals surface area contributed by atoms with Crippen molar-refractivity contribution in [3.8, 4) is 0 Å². The van der Waals surface area contributed by atoms with E-state index in [2.05, 4.69) is 45.7 Å². The Labute approximate surface area is 164 Å². The molecule has 3 heterocycles. The molecule has 2 amide bonds. The van der Waals surface area contributed by atoms with Gasteiger partial charge in [0.2, 0.25) is 0 Å². The molecular weight excluding hydrogens is 360 g/mol. The van der Waals surface area contributed by atoms with Crippen molar-refractivity contribution >= 4 is 28.1 Å². The minimum atomic E-state index is -0.156. The van der Waals surface area contributed by atoms with Gasteiger partial charge in [0.05, 0.1) is 24.3 Å². The molecule has 0 bridgehead atoms. The predicted molar refractivity (Wildman–Crippen MR) is 110 cm³/mol. The lowest BCUT2D eigenvalue weighted by Gasteiger charge is -2.35. The van der Waals surface area contributed by atoms with Gasteiger partial charge in [-0.2, -0.15) is 0 Å². The van der Waals surface area contributed by atoms with Crippen LogP contribution in [-0.4, -0.2) is 57.4 Å². The second-order valence-corrected chi connectivity index (χ2v) is 7.98. The minimum Gasteiger partial charge on any atom is -0.379 e. The Bertz CT molecular complexity index is 774. The molecule has 1 fully saturated rings. The second-order valence-electron chi connectivity index (χ2n) is 7.04. The molecule has 1 atom stereocenters. The van der Waals surface area contributed by atoms with E-state index in [0.29, 0.717) is 6.54 Å². The number of benzene rings is 1. The topological polar surface area (TPSA) is 56.8 Å². The zero-order chi connectivity index (χ0) is 18.6. The fraction of sp³-hybridized carbons (Fsp3) is 0.450. The summed E-state index contributed by atoms with van der Waals surface area (Å²) in [5, 5.41) is 8.76. The van der Waals surface area contributed by atoms with Crippen LogP contribution in [0.3, 0.4) is 0 Å². The molecule has 7 heteroatoms. The van der Waals surface area contributed by atoms with Crippen LogP contribution in [0.15, 0.2) is 35.7 Å². The van der Waals surface area contributed by atoms with Crippen LogP contribution in [0.5, 0.6) is 0 Å². The number of urea groups is 1. The third kappa shape index (κ3) is 4.26. The number of likely N-dealkylation sites (N-methyl/N-ethyl adjacent to an activating group) is 1. The molecule has 2 aliphatic rings. The first-order valence-electron chi connectivity index (χ1n) is 9.45. The summed E-state index contributed by atoms with van der Waals surface area (Å²) in [6.45, 7) is 4.90. The molecule has 2 N–H and O–H groups in total. The summed E-state index contributed by atoms with van der Waals surface area (Å²) >= 11 is 1.52. The number of hydrogen-bond acceptors (Lipinski definition) is 5. The molecule has 4 rings (SSSR count). The smallest absolute Gasteiger partial charge is 0.319 e. The summed E-state index contributed by atoms with van der Waals surface area (Å²) in [6.07, 6.45) is 1.09. The van der Waals surface area contributed by atoms with E-state index in [4.69, 9.17) is 4.74 Å². The van der Waals surface area contributed by atoms with Crippen molar-refractivity contribution < 1.29 is 9.53 Å². The number of carbonyl (C=O) groups excluding carboxylic acids is 1. The molecule has 1 aromatic heterocycles. The Hall–Kier alpha value is -2.09. The molecule has 1 aromatic carbocycles. The first kappa shape index (κ1) is 18.3. The number of amides is 2. The maximum atomic E-state index is 12.3. The van der Waals surface area contributed by atoms with Gasteiger partial charge in [-0.3, -0.25) is 10.2 Å². The summed E-state index contributed by atoms with van der Waals surface area (Å²) < 4.78 is 5.52. The van der Waals surface area contributed by atoms with E-state index in [9.17, 15) is 4.79 Å². The zero-order valence-corrected chi connectivity index (χ0v) is 16.4. The summed E-state index contributed by atoms with van der Waals surface area (Å²) in [5.41, 5.74) is 3.99. The Morgan fingerprint density at radius 2 is 2.11 bits per heavy atom. The number of thiophene rings is 1. The Morgan fingerprint density at radius 1 is 1.26 bits per heavy atom. The van der Waals surface area contributed by atoms with Crippen LogP contribution in [0.1, 0.15) is 17.2 Å². The summed E-state index contributed by atoms with van der Waals surface area (Å²) in [6, 6.07) is 10.6. The van der Waals surface area contributed by atoms with Crippen LogP contribution >= 0.6 is 11.3 Å². The normalized spacial score (nSPS) is 18.2. The SMILES string of the molecule is CN1CCc2cc(C(CNC(=O)Nc3cccs3)N3CCOCC3)ccc21. The van der Waals surface area contributed by atoms with E-state index >= 15 is 0 Å². The van der Waals surface area contributed by atoms with Gasteiger partial charge in [0.15, 0.2) is 0 Å². The van der Waals surface area contributed by atoms with Crippen molar-refractivity contribution in [1.29, 1.82) is 0 Å². The molecule has 2 aliphatic heterocycles. The molecule has 6 nitrogen and oxygen atoms in total. The number of nitrogens with zero attached hydrogens (tertiary/aromatic N) is 2. The first-order valence-corrected chi connectivity index (χ1v) is 10.3. The van der Waals surface area contributed by atoms with Crippen molar-refractivity contribution in [1.82, 2.24) is 10.2 Å². The lowest BCUT2D eigenvalue weighted by Crippen LogP contribution is -2.44. The zero-order valence-electron chi connectivity index (χ0n) is 15.6. The molecule has 144 valence electrons. The number of ether oxygens (including phenoxy) is 1. The van der Waals surface area contributed by atoms with Gasteiger partial charge < -0.3 is 15.0 Å². The van der Waals surface area contributed by atoms with Gasteiger partial charge in [-0.1, -0.05) is 12.1 Å². The average molecular weight is 387 g/mol. The van der Waals surface area contributed by atoms with Crippen molar-refractivity contribution in [2.45, 2.75) is 12.5 Å². The van der Waals surface area contributed by atoms with E-state index in [-0.39, 0.29) is 12.1 Å². The van der Waals surface area contributed by atoms with Crippen molar-refractivity contribution in [2.75, 3.05) is 56.7 Å². The standard InChI is InChI=1S/C20H26N4O2S/c1-23-7-6-16-13-15(4-5-17(16)23)18(24-8-10-26-11-9-24)14-21-20(25)22-19-3-2-12-27-19/h2-5,12-13,18H,6-11,14H2,1H3,(H2,21,22,25). The number of carbonyl (C=O) groups is 1. The molecule has 1 saturated heterocycles. The number of rotatable bonds is 5. The van der Waals surface area contributed by atoms with E-state index in [1.165, 1.54) is 28.2 Å². The highest BCUT2D eigenvalue weighted by Crippen LogP contribution is 2.31. The number of nitrogens with one attached hydrogen (secondary N) is 2. The van der Waals surface area contributed by atoms with Gasteiger partial charge >= 0.3 is 6.03 Å². The third-order valence-electron chi connectivity index (χ3n) is 5.32. The Kier molecular flexibility index (Phi) is 5.61. The molecule has 0 radical (unpaired) electrons. The fourth-order valence-corrected chi connectivity index (χ4v) is 4.45. The molecule has 2 aromatic rings. The molecule has 1 unspecified atom stereocenters. The van der Waals surface area contributed by atoms with E-state index in [0.717, 1.165) is 44.3 Å². The lowest BCUT2D eigenvalue weighted by molar-refractivity contribution is 0.0168. The van der Waals surface area contributed by atoms with Gasteiger partial charge in [0.1, 0.15) is 0 Å². The van der Waals surface area contributed by atoms with Gasteiger partial charge in [-0.25, -0.2) is 4.79 Å². The van der Waals surface area contributed by atoms with Gasteiger partial charge in [0, 0.05) is 38.9 Å². The van der Waals surface area contributed by atoms with E-state index < -0.39 is 0 Å². The third-order valence-corrected chi connectivity index (χ3v) is 6.10. The molecule has 0 aliphatic carbocycles. The number of morpholine rings is 1. The van der Waals surface area contributed by atoms with Crippen LogP contribution < -0.4 is 15.5 Å². The first-order chi connectivity index (χ1) is 13.2. The largest absolute Gasteiger partial charge is 0.379 e. The van der Waals surface area contributed by atoms with Crippen LogP contribution in [0.4, 0.5) is 15.5 Å². The number of anilines is 2. The van der Waals surface area contributed by atoms with Crippen molar-refractivity contribution in [3.05, 3.63) is 46.8 Å². The van der Waals surface area contributed by atoms with Gasteiger partial charge in [0.25, 0.3) is 0 Å². The lowest BCUT2D eigenvalue weighted by atomic mass is 10.0. The van der Waals surface area contributed by atoms with E-state index in [1.54, 1.807) is 0 Å². The summed E-state index contributed by atoms with van der Waals surface area (Å²) in [5.74, 6) is 0.